The Morgan fingerprint density at radius 1 is 1.08 bits per heavy atom. The number of rotatable bonds is 3. The standard InChI is InChI=1S/C18H18F2N2O4/c19-18(20)25-15-6-1-5-14(16(15)26-18)17(23)22-8-3-7-21(9-10-22)12-13-4-2-11-24-13/h1-2,4-6,11H,3,7-10,12H2. The van der Waals surface area contributed by atoms with Crippen molar-refractivity contribution in [3.63, 3.8) is 0 Å². The Bertz CT molecular complexity index is 794. The van der Waals surface area contributed by atoms with Crippen LogP contribution in [0.4, 0.5) is 8.78 Å². The van der Waals surface area contributed by atoms with E-state index in [1.807, 2.05) is 12.1 Å². The Labute approximate surface area is 148 Å². The van der Waals surface area contributed by atoms with Gasteiger partial charge >= 0.3 is 6.29 Å². The fraction of sp³-hybridized carbons (Fsp3) is 0.389. The van der Waals surface area contributed by atoms with E-state index >= 15 is 0 Å². The number of ether oxygens (including phenoxy) is 2. The predicted molar refractivity (Wildman–Crippen MR) is 87.2 cm³/mol. The van der Waals surface area contributed by atoms with Gasteiger partial charge in [-0.2, -0.15) is 0 Å². The van der Waals surface area contributed by atoms with E-state index < -0.39 is 6.29 Å². The van der Waals surface area contributed by atoms with Gasteiger partial charge in [0.25, 0.3) is 5.91 Å². The number of amides is 1. The van der Waals surface area contributed by atoms with Crippen molar-refractivity contribution in [1.29, 1.82) is 0 Å². The Morgan fingerprint density at radius 3 is 2.77 bits per heavy atom. The van der Waals surface area contributed by atoms with Crippen LogP contribution in [0.15, 0.2) is 41.0 Å². The first-order chi connectivity index (χ1) is 12.5. The molecular formula is C18H18F2N2O4. The van der Waals surface area contributed by atoms with Crippen molar-refractivity contribution in [2.75, 3.05) is 26.2 Å². The average Bonchev–Trinajstić information content (AvgIpc) is 3.14. The van der Waals surface area contributed by atoms with Crippen LogP contribution in [-0.4, -0.2) is 48.2 Å². The molecule has 8 heteroatoms. The SMILES string of the molecule is O=C(c1cccc2c1OC(F)(F)O2)N1CCCN(Cc2ccco2)CC1. The van der Waals surface area contributed by atoms with E-state index in [0.717, 1.165) is 18.7 Å². The van der Waals surface area contributed by atoms with E-state index in [2.05, 4.69) is 14.4 Å². The van der Waals surface area contributed by atoms with Gasteiger partial charge < -0.3 is 18.8 Å². The molecule has 1 saturated heterocycles. The van der Waals surface area contributed by atoms with Crippen LogP contribution in [-0.2, 0) is 6.54 Å². The van der Waals surface area contributed by atoms with Gasteiger partial charge in [0.1, 0.15) is 5.76 Å². The highest BCUT2D eigenvalue weighted by atomic mass is 19.3. The molecule has 0 radical (unpaired) electrons. The normalized spacial score (nSPS) is 19.4. The van der Waals surface area contributed by atoms with E-state index in [-0.39, 0.29) is 23.0 Å². The van der Waals surface area contributed by atoms with Gasteiger partial charge in [-0.05, 0) is 30.7 Å². The molecule has 2 aromatic rings. The second kappa shape index (κ2) is 6.60. The van der Waals surface area contributed by atoms with E-state index in [1.165, 1.54) is 18.2 Å². The quantitative estimate of drug-likeness (QED) is 0.838. The van der Waals surface area contributed by atoms with Crippen molar-refractivity contribution in [3.05, 3.63) is 47.9 Å². The first-order valence-electron chi connectivity index (χ1n) is 8.45. The number of carbonyl (C=O) groups is 1. The first kappa shape index (κ1) is 16.8. The summed E-state index contributed by atoms with van der Waals surface area (Å²) in [5.41, 5.74) is 0.0964. The second-order valence-corrected chi connectivity index (χ2v) is 6.30. The van der Waals surface area contributed by atoms with E-state index in [4.69, 9.17) is 4.42 Å². The third-order valence-corrected chi connectivity index (χ3v) is 4.49. The molecule has 0 saturated carbocycles. The molecule has 0 N–H and O–H groups in total. The molecule has 6 nitrogen and oxygen atoms in total. The maximum Gasteiger partial charge on any atom is 0.586 e. The van der Waals surface area contributed by atoms with Gasteiger partial charge in [0.05, 0.1) is 18.4 Å². The summed E-state index contributed by atoms with van der Waals surface area (Å²) in [5, 5.41) is 0. The molecule has 0 atom stereocenters. The zero-order chi connectivity index (χ0) is 18.1. The van der Waals surface area contributed by atoms with Gasteiger partial charge in [0.15, 0.2) is 11.5 Å². The molecule has 2 aliphatic rings. The van der Waals surface area contributed by atoms with E-state index in [0.29, 0.717) is 26.2 Å². The minimum absolute atomic E-state index is 0.0964. The minimum atomic E-state index is -3.74. The van der Waals surface area contributed by atoms with Crippen LogP contribution < -0.4 is 9.47 Å². The molecule has 1 aromatic heterocycles. The third kappa shape index (κ3) is 3.37. The number of hydrogen-bond acceptors (Lipinski definition) is 5. The number of nitrogens with zero attached hydrogens (tertiary/aromatic N) is 2. The van der Waals surface area contributed by atoms with Crippen LogP contribution in [0.25, 0.3) is 0 Å². The minimum Gasteiger partial charge on any atom is -0.468 e. The molecule has 0 aliphatic carbocycles. The van der Waals surface area contributed by atoms with Crippen LogP contribution in [0.1, 0.15) is 22.5 Å². The van der Waals surface area contributed by atoms with Crippen molar-refractivity contribution in [2.45, 2.75) is 19.3 Å². The maximum absolute atomic E-state index is 13.3. The fourth-order valence-corrected chi connectivity index (χ4v) is 3.26. The molecule has 1 aromatic carbocycles. The van der Waals surface area contributed by atoms with Crippen LogP contribution in [0.2, 0.25) is 0 Å². The molecule has 138 valence electrons. The summed E-state index contributed by atoms with van der Waals surface area (Å²) in [6.07, 6.45) is -1.32. The number of carbonyl (C=O) groups excluding carboxylic acids is 1. The number of para-hydroxylation sites is 1. The summed E-state index contributed by atoms with van der Waals surface area (Å²) in [5.74, 6) is 0.232. The maximum atomic E-state index is 13.3. The summed E-state index contributed by atoms with van der Waals surface area (Å²) < 4.78 is 41.0. The van der Waals surface area contributed by atoms with Gasteiger partial charge in [-0.3, -0.25) is 9.69 Å². The zero-order valence-electron chi connectivity index (χ0n) is 14.0. The molecular weight excluding hydrogens is 346 g/mol. The smallest absolute Gasteiger partial charge is 0.468 e. The number of benzene rings is 1. The van der Waals surface area contributed by atoms with E-state index in [9.17, 15) is 13.6 Å². The molecule has 1 amide bonds. The van der Waals surface area contributed by atoms with Gasteiger partial charge in [-0.25, -0.2) is 0 Å². The van der Waals surface area contributed by atoms with Gasteiger partial charge in [-0.1, -0.05) is 6.07 Å². The van der Waals surface area contributed by atoms with Crippen molar-refractivity contribution in [3.8, 4) is 11.5 Å². The predicted octanol–water partition coefficient (Wildman–Crippen LogP) is 2.95. The Morgan fingerprint density at radius 2 is 1.96 bits per heavy atom. The Balaban J connectivity index is 1.46. The average molecular weight is 364 g/mol. The fourth-order valence-electron chi connectivity index (χ4n) is 3.26. The van der Waals surface area contributed by atoms with Crippen LogP contribution >= 0.6 is 0 Å². The van der Waals surface area contributed by atoms with Gasteiger partial charge in [-0.15, -0.1) is 8.78 Å². The zero-order valence-corrected chi connectivity index (χ0v) is 14.0. The molecule has 0 unspecified atom stereocenters. The number of halogens is 2. The Hall–Kier alpha value is -2.61. The lowest BCUT2D eigenvalue weighted by Crippen LogP contribution is -2.35. The highest BCUT2D eigenvalue weighted by Crippen LogP contribution is 2.43. The summed E-state index contributed by atoms with van der Waals surface area (Å²) in [6, 6.07) is 8.12. The van der Waals surface area contributed by atoms with E-state index in [1.54, 1.807) is 11.2 Å². The summed E-state index contributed by atoms with van der Waals surface area (Å²) >= 11 is 0. The lowest BCUT2D eigenvalue weighted by atomic mass is 10.1. The molecule has 0 spiro atoms. The molecule has 1 fully saturated rings. The Kier molecular flexibility index (Phi) is 4.28. The molecule has 0 bridgehead atoms. The highest BCUT2D eigenvalue weighted by Gasteiger charge is 2.45. The number of hydrogen-bond donors (Lipinski definition) is 0. The van der Waals surface area contributed by atoms with Crippen LogP contribution in [0.3, 0.4) is 0 Å². The topological polar surface area (TPSA) is 55.2 Å². The lowest BCUT2D eigenvalue weighted by Gasteiger charge is -2.22. The van der Waals surface area contributed by atoms with Gasteiger partial charge in [0.2, 0.25) is 0 Å². The monoisotopic (exact) mass is 364 g/mol. The van der Waals surface area contributed by atoms with Gasteiger partial charge in [0, 0.05) is 26.2 Å². The molecule has 4 rings (SSSR count). The summed E-state index contributed by atoms with van der Waals surface area (Å²) in [7, 11) is 0. The molecule has 26 heavy (non-hydrogen) atoms. The highest BCUT2D eigenvalue weighted by molar-refractivity contribution is 5.98. The molecule has 2 aliphatic heterocycles. The second-order valence-electron chi connectivity index (χ2n) is 6.30. The van der Waals surface area contributed by atoms with Crippen molar-refractivity contribution >= 4 is 5.91 Å². The van der Waals surface area contributed by atoms with Crippen LogP contribution in [0, 0.1) is 0 Å². The van der Waals surface area contributed by atoms with Crippen molar-refractivity contribution in [1.82, 2.24) is 9.80 Å². The number of furan rings is 1. The first-order valence-corrected chi connectivity index (χ1v) is 8.45. The lowest BCUT2D eigenvalue weighted by molar-refractivity contribution is -0.286. The van der Waals surface area contributed by atoms with Crippen molar-refractivity contribution < 1.29 is 27.5 Å². The van der Waals surface area contributed by atoms with Crippen molar-refractivity contribution in [2.24, 2.45) is 0 Å². The number of fused-ring (bicyclic) bond motifs is 1. The summed E-state index contributed by atoms with van der Waals surface area (Å²) in [4.78, 5) is 16.7. The molecule has 3 heterocycles. The third-order valence-electron chi connectivity index (χ3n) is 4.49. The summed E-state index contributed by atoms with van der Waals surface area (Å²) in [6.45, 7) is 3.23. The van der Waals surface area contributed by atoms with Crippen LogP contribution in [0.5, 0.6) is 11.5 Å². The largest absolute Gasteiger partial charge is 0.586 e. The number of alkyl halides is 2.